The summed E-state index contributed by atoms with van der Waals surface area (Å²) in [6, 6.07) is 6.04. The minimum atomic E-state index is -5.03. The Balaban J connectivity index is 1.77. The highest BCUT2D eigenvalue weighted by Crippen LogP contribution is 2.43. The van der Waals surface area contributed by atoms with Crippen molar-refractivity contribution in [2.24, 2.45) is 0 Å². The van der Waals surface area contributed by atoms with Gasteiger partial charge in [-0.25, -0.2) is 4.39 Å². The van der Waals surface area contributed by atoms with Crippen LogP contribution < -0.4 is 15.8 Å². The summed E-state index contributed by atoms with van der Waals surface area (Å²) in [6.07, 6.45) is -1.89. The molecule has 1 amide bonds. The Bertz CT molecular complexity index is 924. The van der Waals surface area contributed by atoms with Gasteiger partial charge in [0.15, 0.2) is 11.6 Å². The van der Waals surface area contributed by atoms with E-state index in [9.17, 15) is 22.4 Å². The molecule has 1 fully saturated rings. The van der Waals surface area contributed by atoms with Gasteiger partial charge in [0.1, 0.15) is 0 Å². The summed E-state index contributed by atoms with van der Waals surface area (Å²) in [5.41, 5.74) is 8.37. The van der Waals surface area contributed by atoms with Gasteiger partial charge < -0.3 is 21.2 Å². The van der Waals surface area contributed by atoms with Crippen molar-refractivity contribution >= 4 is 17.8 Å². The van der Waals surface area contributed by atoms with Crippen molar-refractivity contribution in [1.29, 1.82) is 5.41 Å². The fourth-order valence-corrected chi connectivity index (χ4v) is 2.96. The first-order valence-electron chi connectivity index (χ1n) is 8.45. The van der Waals surface area contributed by atoms with Gasteiger partial charge in [0.2, 0.25) is 0 Å². The topological polar surface area (TPSA) is 88.2 Å². The minimum Gasteiger partial charge on any atom is -0.403 e. The first-order valence-corrected chi connectivity index (χ1v) is 8.45. The molecule has 2 aromatic rings. The summed E-state index contributed by atoms with van der Waals surface area (Å²) in [4.78, 5) is 12.3. The second kappa shape index (κ2) is 7.49. The van der Waals surface area contributed by atoms with Crippen LogP contribution in [0.4, 0.5) is 23.2 Å². The predicted molar refractivity (Wildman–Crippen MR) is 95.0 cm³/mol. The molecule has 148 valence electrons. The smallest absolute Gasteiger partial charge is 0.403 e. The van der Waals surface area contributed by atoms with Gasteiger partial charge in [0.25, 0.3) is 5.91 Å². The van der Waals surface area contributed by atoms with Crippen LogP contribution in [-0.2, 0) is 6.54 Å². The van der Waals surface area contributed by atoms with E-state index in [-0.39, 0.29) is 12.1 Å². The number of alkyl halides is 3. The third-order valence-corrected chi connectivity index (χ3v) is 4.43. The number of halogens is 4. The van der Waals surface area contributed by atoms with Gasteiger partial charge in [-0.05, 0) is 54.2 Å². The van der Waals surface area contributed by atoms with Gasteiger partial charge >= 0.3 is 6.36 Å². The molecule has 4 N–H and O–H groups in total. The number of carbonyl (C=O) groups is 1. The van der Waals surface area contributed by atoms with Gasteiger partial charge in [-0.1, -0.05) is 6.07 Å². The van der Waals surface area contributed by atoms with E-state index >= 15 is 0 Å². The normalized spacial score (nSPS) is 13.9. The fourth-order valence-electron chi connectivity index (χ4n) is 2.96. The quantitative estimate of drug-likeness (QED) is 0.391. The molecule has 0 aliphatic heterocycles. The van der Waals surface area contributed by atoms with Crippen LogP contribution >= 0.6 is 0 Å². The van der Waals surface area contributed by atoms with Gasteiger partial charge in [-0.15, -0.1) is 13.2 Å². The van der Waals surface area contributed by atoms with Crippen molar-refractivity contribution in [3.8, 4) is 5.75 Å². The maximum absolute atomic E-state index is 13.8. The predicted octanol–water partition coefficient (Wildman–Crippen LogP) is 4.11. The highest BCUT2D eigenvalue weighted by Gasteiger charge is 2.32. The van der Waals surface area contributed by atoms with E-state index in [4.69, 9.17) is 11.1 Å². The Morgan fingerprint density at radius 1 is 1.29 bits per heavy atom. The fraction of sp³-hybridized carbons (Fsp3) is 0.263. The van der Waals surface area contributed by atoms with Crippen LogP contribution in [0.15, 0.2) is 30.3 Å². The Labute approximate surface area is 158 Å². The van der Waals surface area contributed by atoms with Crippen LogP contribution in [-0.4, -0.2) is 18.5 Å². The number of amides is 1. The number of anilines is 1. The summed E-state index contributed by atoms with van der Waals surface area (Å²) < 4.78 is 54.0. The van der Waals surface area contributed by atoms with Crippen molar-refractivity contribution < 1.29 is 27.1 Å². The van der Waals surface area contributed by atoms with Crippen LogP contribution in [0.5, 0.6) is 5.75 Å². The van der Waals surface area contributed by atoms with E-state index in [0.717, 1.165) is 36.8 Å². The van der Waals surface area contributed by atoms with E-state index in [1.165, 1.54) is 0 Å². The Morgan fingerprint density at radius 2 is 2.00 bits per heavy atom. The Morgan fingerprint density at radius 3 is 2.57 bits per heavy atom. The molecule has 0 unspecified atom stereocenters. The van der Waals surface area contributed by atoms with Crippen LogP contribution in [0.3, 0.4) is 0 Å². The highest BCUT2D eigenvalue weighted by atomic mass is 19.4. The molecule has 0 spiro atoms. The first kappa shape index (κ1) is 19.7. The summed E-state index contributed by atoms with van der Waals surface area (Å²) in [5, 5.41) is 10.2. The second-order valence-electron chi connectivity index (χ2n) is 6.43. The molecule has 1 aliphatic rings. The summed E-state index contributed by atoms with van der Waals surface area (Å²) in [5.74, 6) is -2.63. The zero-order chi connectivity index (χ0) is 20.5. The molecule has 0 bridgehead atoms. The van der Waals surface area contributed by atoms with Gasteiger partial charge in [-0.2, -0.15) is 0 Å². The molecule has 0 atom stereocenters. The molecule has 0 saturated heterocycles. The molecule has 0 radical (unpaired) electrons. The minimum absolute atomic E-state index is 0.0584. The maximum atomic E-state index is 13.8. The molecular formula is C19H17F4N3O2. The molecule has 1 aliphatic carbocycles. The van der Waals surface area contributed by atoms with Crippen molar-refractivity contribution in [2.45, 2.75) is 31.7 Å². The molecule has 3 rings (SSSR count). The van der Waals surface area contributed by atoms with Crippen molar-refractivity contribution in [3.05, 3.63) is 58.4 Å². The van der Waals surface area contributed by atoms with E-state index in [2.05, 4.69) is 10.1 Å². The molecule has 1 saturated carbocycles. The van der Waals surface area contributed by atoms with E-state index in [0.29, 0.717) is 28.8 Å². The molecule has 9 heteroatoms. The first-order chi connectivity index (χ1) is 13.2. The van der Waals surface area contributed by atoms with Crippen molar-refractivity contribution in [1.82, 2.24) is 5.32 Å². The number of benzene rings is 2. The molecular weight excluding hydrogens is 378 g/mol. The van der Waals surface area contributed by atoms with Crippen LogP contribution in [0, 0.1) is 11.2 Å². The number of rotatable bonds is 6. The molecule has 28 heavy (non-hydrogen) atoms. The standard InChI is InChI=1S/C19H17F4N3O2/c20-15-7-11(3-6-17(15)28-19(21,22)23)18(27)26-9-14-12(10-1-2-10)4-5-16(25)13(14)8-24/h3-8,10,24H,1-2,9,25H2,(H,26,27). The van der Waals surface area contributed by atoms with Crippen LogP contribution in [0.2, 0.25) is 0 Å². The van der Waals surface area contributed by atoms with E-state index in [1.807, 2.05) is 6.07 Å². The van der Waals surface area contributed by atoms with E-state index in [1.54, 1.807) is 6.07 Å². The summed E-state index contributed by atoms with van der Waals surface area (Å²) >= 11 is 0. The SMILES string of the molecule is N=Cc1c(N)ccc(C2CC2)c1CNC(=O)c1ccc(OC(F)(F)F)c(F)c1. The second-order valence-corrected chi connectivity index (χ2v) is 6.43. The van der Waals surface area contributed by atoms with Crippen LogP contribution in [0.25, 0.3) is 0 Å². The zero-order valence-electron chi connectivity index (χ0n) is 14.6. The number of nitrogens with two attached hydrogens (primary N) is 1. The summed E-state index contributed by atoms with van der Waals surface area (Å²) in [6.45, 7) is 0.0584. The third-order valence-electron chi connectivity index (χ3n) is 4.43. The molecule has 0 aromatic heterocycles. The number of hydrogen-bond acceptors (Lipinski definition) is 4. The lowest BCUT2D eigenvalue weighted by Crippen LogP contribution is -2.25. The van der Waals surface area contributed by atoms with Gasteiger partial charge in [-0.3, -0.25) is 4.79 Å². The largest absolute Gasteiger partial charge is 0.573 e. The number of nitrogen functional groups attached to an aromatic ring is 1. The van der Waals surface area contributed by atoms with Crippen molar-refractivity contribution in [2.75, 3.05) is 5.73 Å². The number of hydrogen-bond donors (Lipinski definition) is 3. The number of carbonyl (C=O) groups excluding carboxylic acids is 1. The van der Waals surface area contributed by atoms with Crippen LogP contribution in [0.1, 0.15) is 45.8 Å². The molecule has 0 heterocycles. The lowest BCUT2D eigenvalue weighted by Gasteiger charge is -2.15. The highest BCUT2D eigenvalue weighted by molar-refractivity contribution is 5.94. The molecule has 2 aromatic carbocycles. The average molecular weight is 395 g/mol. The van der Waals surface area contributed by atoms with Crippen molar-refractivity contribution in [3.63, 3.8) is 0 Å². The lowest BCUT2D eigenvalue weighted by atomic mass is 9.96. The lowest BCUT2D eigenvalue weighted by molar-refractivity contribution is -0.275. The van der Waals surface area contributed by atoms with Gasteiger partial charge in [0, 0.05) is 29.6 Å². The zero-order valence-corrected chi connectivity index (χ0v) is 14.6. The summed E-state index contributed by atoms with van der Waals surface area (Å²) in [7, 11) is 0. The average Bonchev–Trinajstić information content (AvgIpc) is 3.45. The Hall–Kier alpha value is -3.10. The maximum Gasteiger partial charge on any atom is 0.573 e. The number of nitrogens with one attached hydrogen (secondary N) is 2. The Kier molecular flexibility index (Phi) is 5.26. The van der Waals surface area contributed by atoms with Gasteiger partial charge in [0.05, 0.1) is 0 Å². The van der Waals surface area contributed by atoms with E-state index < -0.39 is 23.8 Å². The number of ether oxygens (including phenoxy) is 1. The monoisotopic (exact) mass is 395 g/mol. The molecule has 5 nitrogen and oxygen atoms in total. The third kappa shape index (κ3) is 4.41.